The smallest absolute Gasteiger partial charge is 0.0599 e. The molecule has 4 aliphatic rings. The Kier molecular flexibility index (Phi) is 3.05. The molecule has 20 heavy (non-hydrogen) atoms. The maximum atomic E-state index is 10.4. The molecule has 4 aliphatic carbocycles. The van der Waals surface area contributed by atoms with Gasteiger partial charge in [0.25, 0.3) is 0 Å². The monoisotopic (exact) mass is 276 g/mol. The van der Waals surface area contributed by atoms with Crippen LogP contribution in [0, 0.1) is 29.1 Å². The maximum absolute atomic E-state index is 10.4. The summed E-state index contributed by atoms with van der Waals surface area (Å²) in [4.78, 5) is 0. The first kappa shape index (κ1) is 13.3. The first-order chi connectivity index (χ1) is 9.59. The van der Waals surface area contributed by atoms with Crippen molar-refractivity contribution in [1.82, 2.24) is 0 Å². The molecule has 0 heterocycles. The lowest BCUT2D eigenvalue weighted by Gasteiger charge is -2.51. The first-order valence-corrected chi connectivity index (χ1v) is 8.65. The van der Waals surface area contributed by atoms with E-state index >= 15 is 0 Å². The molecule has 5 unspecified atom stereocenters. The molecule has 0 amide bonds. The van der Waals surface area contributed by atoms with Crippen LogP contribution in [0.3, 0.4) is 0 Å². The van der Waals surface area contributed by atoms with Crippen LogP contribution in [0.25, 0.3) is 0 Å². The van der Waals surface area contributed by atoms with E-state index in [1.54, 1.807) is 5.57 Å². The summed E-state index contributed by atoms with van der Waals surface area (Å²) < 4.78 is 0. The van der Waals surface area contributed by atoms with Crippen LogP contribution in [-0.2, 0) is 0 Å². The van der Waals surface area contributed by atoms with Gasteiger partial charge < -0.3 is 10.2 Å². The second-order valence-electron chi connectivity index (χ2n) is 8.13. The van der Waals surface area contributed by atoms with E-state index in [2.05, 4.69) is 13.0 Å². The molecule has 2 heteroatoms. The largest absolute Gasteiger partial charge is 0.393 e. The van der Waals surface area contributed by atoms with Crippen LogP contribution in [0.2, 0.25) is 0 Å². The standard InChI is InChI=1S/C18H28O2/c1-18-9-8-14-13-5-3-12(19)10-11(13)2-4-15(14)16(18)6-7-17(18)20/h8,11-13,15-17,19-20H,2-7,9-10H2,1H3/t11?,12?,13?,15?,16?,17-,18-/m0/s1. The Hall–Kier alpha value is -0.340. The fourth-order valence-corrected chi connectivity index (χ4v) is 6.10. The summed E-state index contributed by atoms with van der Waals surface area (Å²) in [6, 6.07) is 0. The molecule has 3 saturated carbocycles. The highest BCUT2D eigenvalue weighted by Gasteiger charge is 2.53. The number of aliphatic hydroxyl groups excluding tert-OH is 2. The van der Waals surface area contributed by atoms with Gasteiger partial charge in [-0.2, -0.15) is 0 Å². The fourth-order valence-electron chi connectivity index (χ4n) is 6.10. The predicted molar refractivity (Wildman–Crippen MR) is 79.1 cm³/mol. The molecule has 7 atom stereocenters. The topological polar surface area (TPSA) is 40.5 Å². The number of rotatable bonds is 0. The van der Waals surface area contributed by atoms with Crippen molar-refractivity contribution in [3.63, 3.8) is 0 Å². The van der Waals surface area contributed by atoms with Crippen LogP contribution >= 0.6 is 0 Å². The summed E-state index contributed by atoms with van der Waals surface area (Å²) in [6.45, 7) is 2.32. The van der Waals surface area contributed by atoms with Crippen molar-refractivity contribution in [2.24, 2.45) is 29.1 Å². The summed E-state index contributed by atoms with van der Waals surface area (Å²) in [7, 11) is 0. The zero-order valence-electron chi connectivity index (χ0n) is 12.6. The molecule has 2 N–H and O–H groups in total. The molecule has 0 aliphatic heterocycles. The summed E-state index contributed by atoms with van der Waals surface area (Å²) in [5.74, 6) is 2.93. The third-order valence-electron chi connectivity index (χ3n) is 7.28. The third-order valence-corrected chi connectivity index (χ3v) is 7.28. The lowest BCUT2D eigenvalue weighted by Crippen LogP contribution is -2.44. The van der Waals surface area contributed by atoms with Crippen LogP contribution in [0.4, 0.5) is 0 Å². The molecular formula is C18H28O2. The summed E-state index contributed by atoms with van der Waals surface area (Å²) in [6.07, 6.45) is 11.5. The summed E-state index contributed by atoms with van der Waals surface area (Å²) in [5.41, 5.74) is 1.87. The highest BCUT2D eigenvalue weighted by atomic mass is 16.3. The third kappa shape index (κ3) is 1.77. The normalized spacial score (nSPS) is 54.6. The van der Waals surface area contributed by atoms with Crippen molar-refractivity contribution >= 4 is 0 Å². The molecule has 0 radical (unpaired) electrons. The second kappa shape index (κ2) is 4.58. The fraction of sp³-hybridized carbons (Fsp3) is 0.889. The molecular weight excluding hydrogens is 248 g/mol. The number of allylic oxidation sites excluding steroid dienone is 2. The number of hydrogen-bond acceptors (Lipinski definition) is 2. The number of hydrogen-bond donors (Lipinski definition) is 2. The minimum atomic E-state index is -0.0869. The van der Waals surface area contributed by atoms with E-state index in [1.165, 1.54) is 25.7 Å². The minimum absolute atomic E-state index is 0.0458. The zero-order chi connectivity index (χ0) is 13.9. The molecule has 0 aromatic rings. The molecule has 3 fully saturated rings. The highest BCUT2D eigenvalue weighted by Crippen LogP contribution is 2.60. The zero-order valence-corrected chi connectivity index (χ0v) is 12.6. The Balaban J connectivity index is 1.63. The minimum Gasteiger partial charge on any atom is -0.393 e. The molecule has 0 aromatic carbocycles. The SMILES string of the molecule is C[C@]12CC=C3C4CCC(O)CC4CCC3C1CC[C@@H]2O. The lowest BCUT2D eigenvalue weighted by molar-refractivity contribution is -0.000783. The molecule has 0 spiro atoms. The van der Waals surface area contributed by atoms with Gasteiger partial charge in [-0.15, -0.1) is 0 Å². The summed E-state index contributed by atoms with van der Waals surface area (Å²) in [5, 5.41) is 20.3. The van der Waals surface area contributed by atoms with E-state index in [-0.39, 0.29) is 17.6 Å². The van der Waals surface area contributed by atoms with Crippen molar-refractivity contribution in [2.75, 3.05) is 0 Å². The quantitative estimate of drug-likeness (QED) is 0.667. The van der Waals surface area contributed by atoms with Gasteiger partial charge in [0.15, 0.2) is 0 Å². The summed E-state index contributed by atoms with van der Waals surface area (Å²) >= 11 is 0. The predicted octanol–water partition coefficient (Wildman–Crippen LogP) is 3.28. The highest BCUT2D eigenvalue weighted by molar-refractivity contribution is 5.24. The van der Waals surface area contributed by atoms with Crippen molar-refractivity contribution in [3.8, 4) is 0 Å². The van der Waals surface area contributed by atoms with Crippen LogP contribution in [-0.4, -0.2) is 22.4 Å². The average Bonchev–Trinajstić information content (AvgIpc) is 2.74. The number of fused-ring (bicyclic) bond motifs is 5. The Labute approximate surface area is 122 Å². The van der Waals surface area contributed by atoms with E-state index in [0.717, 1.165) is 43.4 Å². The lowest BCUT2D eigenvalue weighted by atomic mass is 9.54. The first-order valence-electron chi connectivity index (χ1n) is 8.65. The molecule has 0 saturated heterocycles. The van der Waals surface area contributed by atoms with Gasteiger partial charge in [-0.25, -0.2) is 0 Å². The Bertz CT molecular complexity index is 429. The Morgan fingerprint density at radius 2 is 1.80 bits per heavy atom. The van der Waals surface area contributed by atoms with Gasteiger partial charge >= 0.3 is 0 Å². The van der Waals surface area contributed by atoms with E-state index in [0.29, 0.717) is 5.92 Å². The second-order valence-corrected chi connectivity index (χ2v) is 8.13. The van der Waals surface area contributed by atoms with Gasteiger partial charge in [0.2, 0.25) is 0 Å². The van der Waals surface area contributed by atoms with Crippen molar-refractivity contribution in [3.05, 3.63) is 11.6 Å². The number of aliphatic hydroxyl groups is 2. The van der Waals surface area contributed by atoms with Crippen molar-refractivity contribution in [1.29, 1.82) is 0 Å². The van der Waals surface area contributed by atoms with E-state index in [9.17, 15) is 10.2 Å². The van der Waals surface area contributed by atoms with Crippen molar-refractivity contribution in [2.45, 2.75) is 70.5 Å². The molecule has 112 valence electrons. The van der Waals surface area contributed by atoms with E-state index in [4.69, 9.17) is 0 Å². The Morgan fingerprint density at radius 1 is 1.00 bits per heavy atom. The van der Waals surface area contributed by atoms with Gasteiger partial charge in [-0.05, 0) is 75.0 Å². The molecule has 0 bridgehead atoms. The van der Waals surface area contributed by atoms with Crippen molar-refractivity contribution < 1.29 is 10.2 Å². The molecule has 4 rings (SSSR count). The van der Waals surface area contributed by atoms with Gasteiger partial charge in [0, 0.05) is 5.41 Å². The maximum Gasteiger partial charge on any atom is 0.0599 e. The van der Waals surface area contributed by atoms with Gasteiger partial charge in [0.05, 0.1) is 12.2 Å². The van der Waals surface area contributed by atoms with Crippen LogP contribution in [0.5, 0.6) is 0 Å². The van der Waals surface area contributed by atoms with Gasteiger partial charge in [-0.3, -0.25) is 0 Å². The molecule has 0 aromatic heterocycles. The Morgan fingerprint density at radius 3 is 2.65 bits per heavy atom. The van der Waals surface area contributed by atoms with Gasteiger partial charge in [0.1, 0.15) is 0 Å². The van der Waals surface area contributed by atoms with Gasteiger partial charge in [-0.1, -0.05) is 18.6 Å². The molecule has 2 nitrogen and oxygen atoms in total. The van der Waals surface area contributed by atoms with Crippen LogP contribution in [0.1, 0.15) is 58.3 Å². The average molecular weight is 276 g/mol. The van der Waals surface area contributed by atoms with Crippen LogP contribution in [0.15, 0.2) is 11.6 Å². The van der Waals surface area contributed by atoms with E-state index in [1.807, 2.05) is 0 Å². The van der Waals surface area contributed by atoms with Crippen LogP contribution < -0.4 is 0 Å². The van der Waals surface area contributed by atoms with E-state index < -0.39 is 0 Å².